The van der Waals surface area contributed by atoms with E-state index in [4.69, 9.17) is 0 Å². The van der Waals surface area contributed by atoms with Gasteiger partial charge in [0, 0.05) is 30.1 Å². The smallest absolute Gasteiger partial charge is 0.248 e. The van der Waals surface area contributed by atoms with E-state index in [1.807, 2.05) is 0 Å². The maximum Gasteiger partial charge on any atom is 0.248 e. The highest BCUT2D eigenvalue weighted by molar-refractivity contribution is 7.13. The van der Waals surface area contributed by atoms with Gasteiger partial charge in [-0.25, -0.2) is 4.98 Å². The molecule has 0 radical (unpaired) electrons. The van der Waals surface area contributed by atoms with Crippen LogP contribution >= 0.6 is 11.3 Å². The molecule has 28 heavy (non-hydrogen) atoms. The van der Waals surface area contributed by atoms with E-state index in [0.29, 0.717) is 35.0 Å². The van der Waals surface area contributed by atoms with Crippen molar-refractivity contribution >= 4 is 51.5 Å². The number of benzene rings is 1. The molecule has 1 aliphatic heterocycles. The number of nitrogens with zero attached hydrogens (tertiary/aromatic N) is 1. The van der Waals surface area contributed by atoms with Gasteiger partial charge in [-0.3, -0.25) is 19.2 Å². The van der Waals surface area contributed by atoms with E-state index in [0.717, 1.165) is 0 Å². The number of anilines is 3. The minimum Gasteiger partial charge on any atom is -0.344 e. The zero-order valence-electron chi connectivity index (χ0n) is 15.1. The number of hydrogen-bond donors (Lipinski definition) is 4. The average molecular weight is 401 g/mol. The normalized spacial score (nSPS) is 15.6. The molecule has 1 fully saturated rings. The third-order valence-corrected chi connectivity index (χ3v) is 4.71. The number of carbonyl (C=O) groups is 4. The van der Waals surface area contributed by atoms with Gasteiger partial charge >= 0.3 is 0 Å². The molecular formula is C18H19N5O4S. The lowest BCUT2D eigenvalue weighted by atomic mass is 10.2. The number of thiazole rings is 1. The lowest BCUT2D eigenvalue weighted by molar-refractivity contribution is -0.122. The highest BCUT2D eigenvalue weighted by Gasteiger charge is 2.27. The molecule has 0 bridgehead atoms. The summed E-state index contributed by atoms with van der Waals surface area (Å²) in [7, 11) is 0. The lowest BCUT2D eigenvalue weighted by Crippen LogP contribution is -2.37. The predicted octanol–water partition coefficient (Wildman–Crippen LogP) is 1.50. The van der Waals surface area contributed by atoms with Crippen LogP contribution in [-0.4, -0.2) is 34.7 Å². The quantitative estimate of drug-likeness (QED) is 0.583. The van der Waals surface area contributed by atoms with Crippen LogP contribution in [-0.2, 0) is 25.6 Å². The Labute approximate surface area is 164 Å². The van der Waals surface area contributed by atoms with Gasteiger partial charge in [0.1, 0.15) is 6.04 Å². The average Bonchev–Trinajstić information content (AvgIpc) is 3.23. The Balaban J connectivity index is 1.53. The molecule has 4 amide bonds. The number of aromatic nitrogens is 1. The van der Waals surface area contributed by atoms with Gasteiger partial charge in [0.15, 0.2) is 5.13 Å². The molecule has 3 rings (SSSR count). The van der Waals surface area contributed by atoms with Crippen LogP contribution in [0.25, 0.3) is 0 Å². The molecule has 9 nitrogen and oxygen atoms in total. The molecular weight excluding hydrogens is 382 g/mol. The molecule has 1 unspecified atom stereocenters. The lowest BCUT2D eigenvalue weighted by Gasteiger charge is -2.08. The van der Waals surface area contributed by atoms with Gasteiger partial charge in [0.2, 0.25) is 23.6 Å². The summed E-state index contributed by atoms with van der Waals surface area (Å²) in [6.45, 7) is 1.41. The summed E-state index contributed by atoms with van der Waals surface area (Å²) in [5, 5.41) is 12.7. The van der Waals surface area contributed by atoms with Gasteiger partial charge < -0.3 is 21.3 Å². The number of hydrogen-bond acceptors (Lipinski definition) is 6. The van der Waals surface area contributed by atoms with Gasteiger partial charge in [0.25, 0.3) is 0 Å². The summed E-state index contributed by atoms with van der Waals surface area (Å²) >= 11 is 1.21. The first-order valence-corrected chi connectivity index (χ1v) is 9.49. The van der Waals surface area contributed by atoms with Crippen molar-refractivity contribution in [2.24, 2.45) is 0 Å². The molecule has 1 aliphatic rings. The Morgan fingerprint density at radius 2 is 1.96 bits per heavy atom. The maximum atomic E-state index is 12.2. The molecule has 0 saturated carbocycles. The molecule has 146 valence electrons. The van der Waals surface area contributed by atoms with E-state index < -0.39 is 6.04 Å². The topological polar surface area (TPSA) is 129 Å². The number of nitrogens with one attached hydrogen (secondary N) is 4. The van der Waals surface area contributed by atoms with Crippen molar-refractivity contribution in [1.29, 1.82) is 0 Å². The SMILES string of the molecule is CC(=O)Nc1cccc(NC(=O)Cc2csc(NC(=O)C3CCC(=O)N3)n2)c1. The largest absolute Gasteiger partial charge is 0.344 e. The van der Waals surface area contributed by atoms with Crippen molar-refractivity contribution in [2.75, 3.05) is 16.0 Å². The Bertz CT molecular complexity index is 926. The molecule has 2 aromatic rings. The molecule has 1 aromatic heterocycles. The van der Waals surface area contributed by atoms with Crippen LogP contribution in [0.3, 0.4) is 0 Å². The molecule has 1 aromatic carbocycles. The fraction of sp³-hybridized carbons (Fsp3) is 0.278. The summed E-state index contributed by atoms with van der Waals surface area (Å²) in [6.07, 6.45) is 0.838. The molecule has 4 N–H and O–H groups in total. The highest BCUT2D eigenvalue weighted by Crippen LogP contribution is 2.19. The fourth-order valence-corrected chi connectivity index (χ4v) is 3.41. The second-order valence-electron chi connectivity index (χ2n) is 6.28. The minimum absolute atomic E-state index is 0.0386. The third-order valence-electron chi connectivity index (χ3n) is 3.90. The van der Waals surface area contributed by atoms with Crippen molar-refractivity contribution in [2.45, 2.75) is 32.2 Å². The molecule has 2 heterocycles. The van der Waals surface area contributed by atoms with Crippen molar-refractivity contribution in [3.8, 4) is 0 Å². The van der Waals surface area contributed by atoms with E-state index in [2.05, 4.69) is 26.3 Å². The van der Waals surface area contributed by atoms with E-state index >= 15 is 0 Å². The van der Waals surface area contributed by atoms with E-state index in [-0.39, 0.29) is 30.0 Å². The van der Waals surface area contributed by atoms with Crippen molar-refractivity contribution in [3.63, 3.8) is 0 Å². The van der Waals surface area contributed by atoms with Crippen LogP contribution in [0.15, 0.2) is 29.6 Å². The fourth-order valence-electron chi connectivity index (χ4n) is 2.70. The van der Waals surface area contributed by atoms with Gasteiger partial charge in [0.05, 0.1) is 12.1 Å². The first-order chi connectivity index (χ1) is 13.4. The summed E-state index contributed by atoms with van der Waals surface area (Å²) in [5.41, 5.74) is 1.66. The molecule has 0 aliphatic carbocycles. The van der Waals surface area contributed by atoms with Crippen molar-refractivity contribution in [3.05, 3.63) is 35.3 Å². The molecule has 1 saturated heterocycles. The standard InChI is InChI=1S/C18H19N5O4S/c1-10(24)19-11-3-2-4-12(7-11)20-16(26)8-13-9-28-18(21-13)23-17(27)14-5-6-15(25)22-14/h2-4,7,9,14H,5-6,8H2,1H3,(H,19,24)(H,20,26)(H,22,25)(H,21,23,27). The van der Waals surface area contributed by atoms with E-state index in [1.165, 1.54) is 18.3 Å². The molecule has 0 spiro atoms. The second kappa shape index (κ2) is 8.61. The summed E-state index contributed by atoms with van der Waals surface area (Å²) in [4.78, 5) is 50.8. The summed E-state index contributed by atoms with van der Waals surface area (Å²) < 4.78 is 0. The van der Waals surface area contributed by atoms with Gasteiger partial charge in [-0.2, -0.15) is 0 Å². The minimum atomic E-state index is -0.543. The number of amides is 4. The van der Waals surface area contributed by atoms with Crippen LogP contribution in [0.2, 0.25) is 0 Å². The molecule has 1 atom stereocenters. The zero-order valence-corrected chi connectivity index (χ0v) is 15.9. The Kier molecular flexibility index (Phi) is 5.99. The number of rotatable bonds is 6. The predicted molar refractivity (Wildman–Crippen MR) is 105 cm³/mol. The van der Waals surface area contributed by atoms with Gasteiger partial charge in [-0.15, -0.1) is 11.3 Å². The summed E-state index contributed by atoms with van der Waals surface area (Å²) in [6, 6.07) is 6.27. The Morgan fingerprint density at radius 1 is 1.21 bits per heavy atom. The van der Waals surface area contributed by atoms with E-state index in [1.54, 1.807) is 29.6 Å². The van der Waals surface area contributed by atoms with Gasteiger partial charge in [-0.05, 0) is 24.6 Å². The molecule has 10 heteroatoms. The van der Waals surface area contributed by atoms with Crippen molar-refractivity contribution < 1.29 is 19.2 Å². The monoisotopic (exact) mass is 401 g/mol. The first-order valence-electron chi connectivity index (χ1n) is 8.61. The summed E-state index contributed by atoms with van der Waals surface area (Å²) in [5.74, 6) is -0.922. The first kappa shape index (κ1) is 19.5. The Morgan fingerprint density at radius 3 is 2.64 bits per heavy atom. The highest BCUT2D eigenvalue weighted by atomic mass is 32.1. The number of carbonyl (C=O) groups excluding carboxylic acids is 4. The zero-order chi connectivity index (χ0) is 20.1. The van der Waals surface area contributed by atoms with Crippen LogP contribution < -0.4 is 21.3 Å². The van der Waals surface area contributed by atoms with Crippen LogP contribution in [0.4, 0.5) is 16.5 Å². The maximum absolute atomic E-state index is 12.2. The second-order valence-corrected chi connectivity index (χ2v) is 7.14. The van der Waals surface area contributed by atoms with Crippen LogP contribution in [0, 0.1) is 0 Å². The Hall–Kier alpha value is -3.27. The van der Waals surface area contributed by atoms with Crippen LogP contribution in [0.5, 0.6) is 0 Å². The van der Waals surface area contributed by atoms with Crippen molar-refractivity contribution in [1.82, 2.24) is 10.3 Å². The third kappa shape index (κ3) is 5.36. The van der Waals surface area contributed by atoms with E-state index in [9.17, 15) is 19.2 Å². The van der Waals surface area contributed by atoms with Gasteiger partial charge in [-0.1, -0.05) is 6.07 Å². The van der Waals surface area contributed by atoms with Crippen LogP contribution in [0.1, 0.15) is 25.5 Å².